The lowest BCUT2D eigenvalue weighted by Crippen LogP contribution is -2.20. The first kappa shape index (κ1) is 14.3. The van der Waals surface area contributed by atoms with Crippen LogP contribution in [-0.2, 0) is 0 Å². The highest BCUT2D eigenvalue weighted by Crippen LogP contribution is 2.37. The van der Waals surface area contributed by atoms with E-state index in [0.29, 0.717) is 5.92 Å². The van der Waals surface area contributed by atoms with Crippen LogP contribution in [0.15, 0.2) is 42.6 Å². The number of hydrogen-bond acceptors (Lipinski definition) is 2. The van der Waals surface area contributed by atoms with Crippen LogP contribution >= 0.6 is 0 Å². The zero-order valence-corrected chi connectivity index (χ0v) is 12.7. The average Bonchev–Trinajstić information content (AvgIpc) is 3.05. The first-order valence-corrected chi connectivity index (χ1v) is 8.07. The second-order valence-electron chi connectivity index (χ2n) is 6.15. The van der Waals surface area contributed by atoms with Gasteiger partial charge in [-0.2, -0.15) is 5.10 Å². The Bertz CT molecular complexity index is 556. The van der Waals surface area contributed by atoms with Gasteiger partial charge in [0.2, 0.25) is 0 Å². The number of benzene rings is 1. The van der Waals surface area contributed by atoms with Gasteiger partial charge in [-0.1, -0.05) is 44.4 Å². The maximum Gasteiger partial charge on any atom is 0.101 e. The number of para-hydroxylation sites is 1. The standard InChI is InChI=1S/C18H24N2O/c1-2-14-8-10-15(11-9-14)18(21)17-12-13-20(19-17)16-6-4-3-5-7-16/h3-7,12-15,18,21H,2,8-11H2,1H3. The Balaban J connectivity index is 1.69. The molecule has 1 fully saturated rings. The minimum atomic E-state index is -0.423. The van der Waals surface area contributed by atoms with Crippen molar-refractivity contribution in [2.45, 2.75) is 45.1 Å². The van der Waals surface area contributed by atoms with Crippen molar-refractivity contribution in [1.82, 2.24) is 9.78 Å². The summed E-state index contributed by atoms with van der Waals surface area (Å²) in [6, 6.07) is 12.0. The summed E-state index contributed by atoms with van der Waals surface area (Å²) in [4.78, 5) is 0. The molecular weight excluding hydrogens is 260 g/mol. The summed E-state index contributed by atoms with van der Waals surface area (Å²) < 4.78 is 1.84. The maximum atomic E-state index is 10.6. The molecule has 1 aliphatic carbocycles. The highest BCUT2D eigenvalue weighted by Gasteiger charge is 2.28. The Morgan fingerprint density at radius 2 is 1.86 bits per heavy atom. The first-order valence-electron chi connectivity index (χ1n) is 8.07. The fourth-order valence-electron chi connectivity index (χ4n) is 3.37. The molecule has 3 nitrogen and oxygen atoms in total. The molecule has 0 aliphatic heterocycles. The van der Waals surface area contributed by atoms with E-state index in [0.717, 1.165) is 30.1 Å². The molecule has 1 N–H and O–H groups in total. The first-order chi connectivity index (χ1) is 10.3. The fraction of sp³-hybridized carbons (Fsp3) is 0.500. The molecule has 3 rings (SSSR count). The van der Waals surface area contributed by atoms with Crippen molar-refractivity contribution in [3.63, 3.8) is 0 Å². The summed E-state index contributed by atoms with van der Waals surface area (Å²) in [6.07, 6.45) is 7.52. The second kappa shape index (κ2) is 6.44. The van der Waals surface area contributed by atoms with Crippen molar-refractivity contribution in [2.75, 3.05) is 0 Å². The van der Waals surface area contributed by atoms with Gasteiger partial charge in [0.25, 0.3) is 0 Å². The Morgan fingerprint density at radius 1 is 1.14 bits per heavy atom. The lowest BCUT2D eigenvalue weighted by molar-refractivity contribution is 0.0693. The highest BCUT2D eigenvalue weighted by molar-refractivity contribution is 5.30. The minimum absolute atomic E-state index is 0.368. The lowest BCUT2D eigenvalue weighted by Gasteiger charge is -2.30. The number of hydrogen-bond donors (Lipinski definition) is 1. The van der Waals surface area contributed by atoms with Gasteiger partial charge in [0.05, 0.1) is 11.4 Å². The normalized spacial score (nSPS) is 23.9. The predicted molar refractivity (Wildman–Crippen MR) is 84.3 cm³/mol. The summed E-state index contributed by atoms with van der Waals surface area (Å²) in [5.74, 6) is 1.22. The van der Waals surface area contributed by atoms with Crippen LogP contribution in [0.5, 0.6) is 0 Å². The summed E-state index contributed by atoms with van der Waals surface area (Å²) in [5.41, 5.74) is 1.84. The molecule has 0 spiro atoms. The fourth-order valence-corrected chi connectivity index (χ4v) is 3.37. The van der Waals surface area contributed by atoms with Crippen LogP contribution in [0.25, 0.3) is 5.69 Å². The van der Waals surface area contributed by atoms with Crippen LogP contribution < -0.4 is 0 Å². The van der Waals surface area contributed by atoms with Gasteiger partial charge >= 0.3 is 0 Å². The van der Waals surface area contributed by atoms with Crippen molar-refractivity contribution in [2.24, 2.45) is 11.8 Å². The monoisotopic (exact) mass is 284 g/mol. The molecule has 1 saturated carbocycles. The molecule has 1 aliphatic rings. The molecule has 0 saturated heterocycles. The Labute approximate surface area is 126 Å². The topological polar surface area (TPSA) is 38.0 Å². The molecule has 0 radical (unpaired) electrons. The summed E-state index contributed by atoms with van der Waals surface area (Å²) >= 11 is 0. The third kappa shape index (κ3) is 3.18. The van der Waals surface area contributed by atoms with E-state index in [2.05, 4.69) is 12.0 Å². The quantitative estimate of drug-likeness (QED) is 0.917. The Kier molecular flexibility index (Phi) is 4.39. The third-order valence-electron chi connectivity index (χ3n) is 4.85. The van der Waals surface area contributed by atoms with Crippen LogP contribution in [0.1, 0.15) is 50.8 Å². The van der Waals surface area contributed by atoms with Gasteiger partial charge in [-0.3, -0.25) is 0 Å². The van der Waals surface area contributed by atoms with Gasteiger partial charge in [-0.25, -0.2) is 4.68 Å². The van der Waals surface area contributed by atoms with Gasteiger partial charge in [-0.15, -0.1) is 0 Å². The zero-order valence-electron chi connectivity index (χ0n) is 12.7. The van der Waals surface area contributed by atoms with E-state index in [4.69, 9.17) is 0 Å². The Hall–Kier alpha value is -1.61. The van der Waals surface area contributed by atoms with E-state index in [-0.39, 0.29) is 0 Å². The number of aromatic nitrogens is 2. The van der Waals surface area contributed by atoms with Crippen molar-refractivity contribution in [3.05, 3.63) is 48.3 Å². The number of nitrogens with zero attached hydrogens (tertiary/aromatic N) is 2. The van der Waals surface area contributed by atoms with Gasteiger partial charge in [-0.05, 0) is 42.9 Å². The number of rotatable bonds is 4. The second-order valence-corrected chi connectivity index (χ2v) is 6.15. The van der Waals surface area contributed by atoms with Gasteiger partial charge < -0.3 is 5.11 Å². The van der Waals surface area contributed by atoms with Crippen molar-refractivity contribution < 1.29 is 5.11 Å². The van der Waals surface area contributed by atoms with E-state index >= 15 is 0 Å². The van der Waals surface area contributed by atoms with E-state index < -0.39 is 6.10 Å². The average molecular weight is 284 g/mol. The van der Waals surface area contributed by atoms with Crippen LogP contribution in [0, 0.1) is 11.8 Å². The number of aliphatic hydroxyl groups excluding tert-OH is 1. The Morgan fingerprint density at radius 3 is 2.52 bits per heavy atom. The van der Waals surface area contributed by atoms with Crippen molar-refractivity contribution in [3.8, 4) is 5.69 Å². The van der Waals surface area contributed by atoms with Crippen LogP contribution in [0.2, 0.25) is 0 Å². The SMILES string of the molecule is CCC1CCC(C(O)c2ccn(-c3ccccc3)n2)CC1. The van der Waals surface area contributed by atoms with Gasteiger partial charge in [0.15, 0.2) is 0 Å². The molecular formula is C18H24N2O. The smallest absolute Gasteiger partial charge is 0.101 e. The molecule has 1 heterocycles. The van der Waals surface area contributed by atoms with Gasteiger partial charge in [0.1, 0.15) is 6.10 Å². The maximum absolute atomic E-state index is 10.6. The lowest BCUT2D eigenvalue weighted by atomic mass is 9.78. The summed E-state index contributed by atoms with van der Waals surface area (Å²) in [7, 11) is 0. The van der Waals surface area contributed by atoms with Crippen LogP contribution in [-0.4, -0.2) is 14.9 Å². The minimum Gasteiger partial charge on any atom is -0.386 e. The van der Waals surface area contributed by atoms with Crippen molar-refractivity contribution >= 4 is 0 Å². The van der Waals surface area contributed by atoms with Gasteiger partial charge in [0, 0.05) is 6.20 Å². The molecule has 0 amide bonds. The third-order valence-corrected chi connectivity index (χ3v) is 4.85. The van der Waals surface area contributed by atoms with E-state index in [1.165, 1.54) is 19.3 Å². The molecule has 112 valence electrons. The molecule has 21 heavy (non-hydrogen) atoms. The molecule has 1 unspecified atom stereocenters. The molecule has 3 heteroatoms. The largest absolute Gasteiger partial charge is 0.386 e. The summed E-state index contributed by atoms with van der Waals surface area (Å²) in [6.45, 7) is 2.27. The van der Waals surface area contributed by atoms with Crippen LogP contribution in [0.4, 0.5) is 0 Å². The van der Waals surface area contributed by atoms with E-state index in [1.54, 1.807) is 0 Å². The predicted octanol–water partition coefficient (Wildman–Crippen LogP) is 4.12. The zero-order chi connectivity index (χ0) is 14.7. The van der Waals surface area contributed by atoms with E-state index in [1.807, 2.05) is 47.3 Å². The molecule has 2 aromatic rings. The molecule has 1 atom stereocenters. The number of aliphatic hydroxyl groups is 1. The highest BCUT2D eigenvalue weighted by atomic mass is 16.3. The molecule has 1 aromatic carbocycles. The van der Waals surface area contributed by atoms with Crippen LogP contribution in [0.3, 0.4) is 0 Å². The molecule has 0 bridgehead atoms. The van der Waals surface area contributed by atoms with E-state index in [9.17, 15) is 5.11 Å². The van der Waals surface area contributed by atoms with Crippen molar-refractivity contribution in [1.29, 1.82) is 0 Å². The molecule has 1 aromatic heterocycles. The summed E-state index contributed by atoms with van der Waals surface area (Å²) in [5, 5.41) is 15.2.